The Balaban J connectivity index is 1.97. The van der Waals surface area contributed by atoms with Crippen molar-refractivity contribution in [2.75, 3.05) is 12.9 Å². The number of rotatable bonds is 6. The molecule has 0 aliphatic rings. The summed E-state index contributed by atoms with van der Waals surface area (Å²) in [7, 11) is 1.63. The third-order valence-electron chi connectivity index (χ3n) is 3.02. The maximum Gasteiger partial charge on any atom is 0.147 e. The predicted molar refractivity (Wildman–Crippen MR) is 91.3 cm³/mol. The fourth-order valence-electron chi connectivity index (χ4n) is 2.03. The van der Waals surface area contributed by atoms with E-state index in [1.807, 2.05) is 49.4 Å². The second-order valence-corrected chi connectivity index (χ2v) is 6.74. The maximum absolute atomic E-state index is 12.2. The van der Waals surface area contributed by atoms with Crippen LogP contribution in [0.1, 0.15) is 11.1 Å². The number of halogens is 1. The normalized spacial score (nSPS) is 10.4. The number of benzene rings is 2. The fourth-order valence-corrected chi connectivity index (χ4v) is 3.40. The number of carbonyl (C=O) groups excluding carboxylic acids is 1. The third-order valence-corrected chi connectivity index (χ3v) is 4.57. The summed E-state index contributed by atoms with van der Waals surface area (Å²) in [5.74, 6) is 1.44. The smallest absolute Gasteiger partial charge is 0.147 e. The molecule has 0 fully saturated rings. The van der Waals surface area contributed by atoms with Crippen LogP contribution in [0.25, 0.3) is 0 Å². The lowest BCUT2D eigenvalue weighted by Crippen LogP contribution is -2.07. The molecule has 0 N–H and O–H groups in total. The van der Waals surface area contributed by atoms with Crippen LogP contribution in [-0.2, 0) is 11.2 Å². The summed E-state index contributed by atoms with van der Waals surface area (Å²) >= 11 is 4.99. The van der Waals surface area contributed by atoms with Gasteiger partial charge in [0.1, 0.15) is 11.5 Å². The van der Waals surface area contributed by atoms with Gasteiger partial charge in [-0.3, -0.25) is 4.79 Å². The molecule has 0 amide bonds. The Morgan fingerprint density at radius 3 is 2.76 bits per heavy atom. The van der Waals surface area contributed by atoms with Gasteiger partial charge in [-0.25, -0.2) is 0 Å². The highest BCUT2D eigenvalue weighted by atomic mass is 79.9. The van der Waals surface area contributed by atoms with Crippen LogP contribution in [0.5, 0.6) is 5.75 Å². The van der Waals surface area contributed by atoms with E-state index in [0.29, 0.717) is 12.2 Å². The van der Waals surface area contributed by atoms with Crippen LogP contribution in [0.4, 0.5) is 0 Å². The Morgan fingerprint density at radius 2 is 2.05 bits per heavy atom. The van der Waals surface area contributed by atoms with Crippen LogP contribution >= 0.6 is 27.7 Å². The van der Waals surface area contributed by atoms with E-state index < -0.39 is 0 Å². The largest absolute Gasteiger partial charge is 0.496 e. The van der Waals surface area contributed by atoms with E-state index in [2.05, 4.69) is 15.9 Å². The van der Waals surface area contributed by atoms with Gasteiger partial charge in [-0.2, -0.15) is 0 Å². The van der Waals surface area contributed by atoms with E-state index in [4.69, 9.17) is 4.74 Å². The summed E-state index contributed by atoms with van der Waals surface area (Å²) in [6.07, 6.45) is 0.409. The standard InChI is InChI=1S/C17H17BrO2S/c1-12-6-7-17(20-2)13(8-12)9-15(19)11-21-16-5-3-4-14(18)10-16/h3-8,10H,9,11H2,1-2H3. The van der Waals surface area contributed by atoms with Gasteiger partial charge in [0, 0.05) is 21.4 Å². The minimum Gasteiger partial charge on any atom is -0.496 e. The van der Waals surface area contributed by atoms with Crippen LogP contribution in [0.15, 0.2) is 51.8 Å². The number of hydrogen-bond acceptors (Lipinski definition) is 3. The minimum absolute atomic E-state index is 0.198. The molecule has 21 heavy (non-hydrogen) atoms. The quantitative estimate of drug-likeness (QED) is 0.696. The van der Waals surface area contributed by atoms with Crippen LogP contribution in [0, 0.1) is 6.92 Å². The number of hydrogen-bond donors (Lipinski definition) is 0. The van der Waals surface area contributed by atoms with Gasteiger partial charge in [-0.05, 0) is 31.2 Å². The lowest BCUT2D eigenvalue weighted by molar-refractivity contribution is -0.116. The highest BCUT2D eigenvalue weighted by Gasteiger charge is 2.10. The second kappa shape index (κ2) is 7.66. The number of carbonyl (C=O) groups is 1. The van der Waals surface area contributed by atoms with Crippen molar-refractivity contribution in [1.82, 2.24) is 0 Å². The number of methoxy groups -OCH3 is 1. The lowest BCUT2D eigenvalue weighted by Gasteiger charge is -2.09. The third kappa shape index (κ3) is 4.90. The molecule has 0 atom stereocenters. The summed E-state index contributed by atoms with van der Waals surface area (Å²) in [5.41, 5.74) is 2.09. The maximum atomic E-state index is 12.2. The molecular weight excluding hydrogens is 348 g/mol. The van der Waals surface area contributed by atoms with Crippen molar-refractivity contribution in [2.45, 2.75) is 18.2 Å². The molecule has 0 radical (unpaired) electrons. The molecule has 2 aromatic rings. The number of thioether (sulfide) groups is 1. The topological polar surface area (TPSA) is 26.3 Å². The Morgan fingerprint density at radius 1 is 1.24 bits per heavy atom. The fraction of sp³-hybridized carbons (Fsp3) is 0.235. The van der Waals surface area contributed by atoms with Crippen molar-refractivity contribution in [3.63, 3.8) is 0 Å². The first kappa shape index (κ1) is 16.1. The van der Waals surface area contributed by atoms with Crippen molar-refractivity contribution in [3.05, 3.63) is 58.1 Å². The van der Waals surface area contributed by atoms with E-state index in [0.717, 1.165) is 26.2 Å². The van der Waals surface area contributed by atoms with Crippen molar-refractivity contribution >= 4 is 33.5 Å². The van der Waals surface area contributed by atoms with Gasteiger partial charge in [0.2, 0.25) is 0 Å². The SMILES string of the molecule is COc1ccc(C)cc1CC(=O)CSc1cccc(Br)c1. The van der Waals surface area contributed by atoms with Gasteiger partial charge >= 0.3 is 0 Å². The van der Waals surface area contributed by atoms with Crippen molar-refractivity contribution in [3.8, 4) is 5.75 Å². The first-order valence-corrected chi connectivity index (χ1v) is 8.40. The summed E-state index contributed by atoms with van der Waals surface area (Å²) in [5, 5.41) is 0. The van der Waals surface area contributed by atoms with Gasteiger partial charge in [-0.1, -0.05) is 39.7 Å². The van der Waals surface area contributed by atoms with Gasteiger partial charge in [0.25, 0.3) is 0 Å². The highest BCUT2D eigenvalue weighted by Crippen LogP contribution is 2.24. The molecule has 4 heteroatoms. The zero-order chi connectivity index (χ0) is 15.2. The molecule has 2 aromatic carbocycles. The van der Waals surface area contributed by atoms with Crippen molar-refractivity contribution in [1.29, 1.82) is 0 Å². The second-order valence-electron chi connectivity index (χ2n) is 4.78. The molecule has 0 heterocycles. The predicted octanol–water partition coefficient (Wildman–Crippen LogP) is 4.67. The molecule has 0 aliphatic heterocycles. The summed E-state index contributed by atoms with van der Waals surface area (Å²) < 4.78 is 6.34. The van der Waals surface area contributed by atoms with E-state index in [1.54, 1.807) is 18.9 Å². The lowest BCUT2D eigenvalue weighted by atomic mass is 10.1. The van der Waals surface area contributed by atoms with Crippen LogP contribution in [0.2, 0.25) is 0 Å². The molecule has 0 aliphatic carbocycles. The molecule has 2 nitrogen and oxygen atoms in total. The summed E-state index contributed by atoms with van der Waals surface area (Å²) in [6.45, 7) is 2.02. The first-order chi connectivity index (χ1) is 10.1. The zero-order valence-corrected chi connectivity index (χ0v) is 14.5. The number of ether oxygens (including phenoxy) is 1. The van der Waals surface area contributed by atoms with Crippen LogP contribution in [0.3, 0.4) is 0 Å². The molecule has 0 bridgehead atoms. The highest BCUT2D eigenvalue weighted by molar-refractivity contribution is 9.10. The van der Waals surface area contributed by atoms with Gasteiger partial charge < -0.3 is 4.74 Å². The van der Waals surface area contributed by atoms with E-state index in [1.165, 1.54) is 0 Å². The number of aryl methyl sites for hydroxylation is 1. The molecule has 0 saturated carbocycles. The monoisotopic (exact) mass is 364 g/mol. The first-order valence-electron chi connectivity index (χ1n) is 6.62. The van der Waals surface area contributed by atoms with Gasteiger partial charge in [0.05, 0.1) is 12.9 Å². The molecule has 2 rings (SSSR count). The average Bonchev–Trinajstić information content (AvgIpc) is 2.45. The molecule has 110 valence electrons. The zero-order valence-electron chi connectivity index (χ0n) is 12.1. The van der Waals surface area contributed by atoms with Crippen molar-refractivity contribution < 1.29 is 9.53 Å². The Bertz CT molecular complexity index is 640. The van der Waals surface area contributed by atoms with Gasteiger partial charge in [-0.15, -0.1) is 11.8 Å². The van der Waals surface area contributed by atoms with E-state index in [9.17, 15) is 4.79 Å². The Labute approximate surface area is 138 Å². The Hall–Kier alpha value is -1.26. The van der Waals surface area contributed by atoms with Crippen LogP contribution < -0.4 is 4.74 Å². The van der Waals surface area contributed by atoms with E-state index in [-0.39, 0.29) is 5.78 Å². The molecule has 0 aromatic heterocycles. The number of Topliss-reactive ketones (excluding diaryl/α,β-unsaturated/α-hetero) is 1. The van der Waals surface area contributed by atoms with E-state index >= 15 is 0 Å². The van der Waals surface area contributed by atoms with Crippen LogP contribution in [-0.4, -0.2) is 18.6 Å². The molecule has 0 spiro atoms. The minimum atomic E-state index is 0.198. The molecule has 0 saturated heterocycles. The number of ketones is 1. The van der Waals surface area contributed by atoms with Crippen molar-refractivity contribution in [2.24, 2.45) is 0 Å². The molecular formula is C17H17BrO2S. The van der Waals surface area contributed by atoms with Gasteiger partial charge in [0.15, 0.2) is 0 Å². The summed E-state index contributed by atoms with van der Waals surface area (Å²) in [6, 6.07) is 13.9. The molecule has 0 unspecified atom stereocenters. The Kier molecular flexibility index (Phi) is 5.88. The summed E-state index contributed by atoms with van der Waals surface area (Å²) in [4.78, 5) is 13.3. The average molecular weight is 365 g/mol.